The van der Waals surface area contributed by atoms with Crippen molar-refractivity contribution in [2.45, 2.75) is 34.1 Å². The van der Waals surface area contributed by atoms with Crippen LogP contribution in [0, 0.1) is 0 Å². The van der Waals surface area contributed by atoms with Crippen LogP contribution in [0.5, 0.6) is 0 Å². The second-order valence-electron chi connectivity index (χ2n) is 5.42. The lowest BCUT2D eigenvalue weighted by atomic mass is 10.1. The summed E-state index contributed by atoms with van der Waals surface area (Å²) in [5.41, 5.74) is 2.74. The third-order valence-electron chi connectivity index (χ3n) is 3.42. The highest BCUT2D eigenvalue weighted by Gasteiger charge is 2.09. The Kier molecular flexibility index (Phi) is 24.3. The maximum absolute atomic E-state index is 10.5. The zero-order valence-corrected chi connectivity index (χ0v) is 22.6. The number of benzene rings is 2. The minimum Gasteiger partial charge on any atom is -0.312 e. The van der Waals surface area contributed by atoms with Gasteiger partial charge in [0.1, 0.15) is 0 Å². The molecule has 0 aliphatic carbocycles. The van der Waals surface area contributed by atoms with Crippen molar-refractivity contribution in [1.29, 1.82) is 0 Å². The molecule has 6 nitrogen and oxygen atoms in total. The molecule has 0 saturated carbocycles. The second kappa shape index (κ2) is 22.0. The van der Waals surface area contributed by atoms with Gasteiger partial charge in [-0.2, -0.15) is 0 Å². The molecule has 0 amide bonds. The van der Waals surface area contributed by atoms with Crippen LogP contribution in [0.1, 0.15) is 38.8 Å². The lowest BCUT2D eigenvalue weighted by Gasteiger charge is -2.04. The Morgan fingerprint density at radius 2 is 0.774 bits per heavy atom. The molecule has 0 unspecified atom stereocenters. The van der Waals surface area contributed by atoms with E-state index in [-0.39, 0.29) is 0 Å². The van der Waals surface area contributed by atoms with Gasteiger partial charge in [-0.3, -0.25) is 9.13 Å². The largest absolute Gasteiger partial charge is 0.327 e. The fraction of sp³-hybridized carbons (Fsp3) is 0.478. The smallest absolute Gasteiger partial charge is 0.312 e. The summed E-state index contributed by atoms with van der Waals surface area (Å²) in [5.74, 6) is 0. The van der Waals surface area contributed by atoms with Crippen molar-refractivity contribution in [3.63, 3.8) is 0 Å². The van der Waals surface area contributed by atoms with Gasteiger partial charge in [-0.15, -0.1) is 0 Å². The summed E-state index contributed by atoms with van der Waals surface area (Å²) >= 11 is 0. The summed E-state index contributed by atoms with van der Waals surface area (Å²) in [4.78, 5) is 0. The molecule has 0 aromatic heterocycles. The number of hydrogen-bond donors (Lipinski definition) is 0. The molecule has 0 aliphatic heterocycles. The van der Waals surface area contributed by atoms with E-state index in [9.17, 15) is 9.13 Å². The van der Waals surface area contributed by atoms with Crippen molar-refractivity contribution >= 4 is 15.2 Å². The first-order valence-electron chi connectivity index (χ1n) is 10.2. The predicted molar refractivity (Wildman–Crippen MR) is 133 cm³/mol. The zero-order valence-electron chi connectivity index (χ0n) is 20.8. The van der Waals surface area contributed by atoms with E-state index < -0.39 is 15.2 Å². The first kappa shape index (κ1) is 34.4. The molecule has 2 aromatic carbocycles. The van der Waals surface area contributed by atoms with Crippen LogP contribution >= 0.6 is 15.2 Å². The van der Waals surface area contributed by atoms with Gasteiger partial charge < -0.3 is 18.1 Å². The Balaban J connectivity index is -0.000000377. The molecule has 0 heterocycles. The fourth-order valence-electron chi connectivity index (χ4n) is 1.58. The van der Waals surface area contributed by atoms with Gasteiger partial charge in [-0.1, -0.05) is 88.4 Å². The highest BCUT2D eigenvalue weighted by Crippen LogP contribution is 2.41. The Bertz CT molecular complexity index is 631. The van der Waals surface area contributed by atoms with Crippen LogP contribution in [0.4, 0.5) is 0 Å². The summed E-state index contributed by atoms with van der Waals surface area (Å²) in [7, 11) is 0.0972. The molecule has 0 bridgehead atoms. The zero-order chi connectivity index (χ0) is 24.8. The number of hydrogen-bond acceptors (Lipinski definition) is 6. The van der Waals surface area contributed by atoms with Gasteiger partial charge in [0.25, 0.3) is 0 Å². The van der Waals surface area contributed by atoms with Crippen LogP contribution in [0.15, 0.2) is 60.7 Å². The van der Waals surface area contributed by atoms with Crippen LogP contribution in [-0.2, 0) is 33.6 Å². The van der Waals surface area contributed by atoms with Crippen LogP contribution in [-0.4, -0.2) is 41.8 Å². The molecular formula is C23H42O6P2. The van der Waals surface area contributed by atoms with Gasteiger partial charge in [0, 0.05) is 41.8 Å². The summed E-state index contributed by atoms with van der Waals surface area (Å²) in [5, 5.41) is 0. The van der Waals surface area contributed by atoms with Crippen molar-refractivity contribution in [3.05, 3.63) is 71.8 Å². The average molecular weight is 477 g/mol. The quantitative estimate of drug-likeness (QED) is 0.401. The molecule has 2 rings (SSSR count). The maximum Gasteiger partial charge on any atom is 0.327 e. The summed E-state index contributed by atoms with van der Waals surface area (Å²) < 4.78 is 38.7. The summed E-state index contributed by atoms with van der Waals surface area (Å²) in [6, 6.07) is 21.1. The molecule has 0 N–H and O–H groups in total. The van der Waals surface area contributed by atoms with Gasteiger partial charge >= 0.3 is 15.2 Å². The Morgan fingerprint density at radius 1 is 0.548 bits per heavy atom. The van der Waals surface area contributed by atoms with Gasteiger partial charge in [0.05, 0.1) is 0 Å². The van der Waals surface area contributed by atoms with Crippen molar-refractivity contribution in [2.24, 2.45) is 0 Å². The molecule has 31 heavy (non-hydrogen) atoms. The molecule has 0 saturated heterocycles. The van der Waals surface area contributed by atoms with Crippen LogP contribution in [0.2, 0.25) is 0 Å². The van der Waals surface area contributed by atoms with Gasteiger partial charge in [0.15, 0.2) is 0 Å². The predicted octanol–water partition coefficient (Wildman–Crippen LogP) is 7.53. The van der Waals surface area contributed by atoms with Gasteiger partial charge in [-0.25, -0.2) is 0 Å². The standard InChI is InChI=1S/C13H12.2C3H9O3P.2C2H6/c1-3-7-12(8-4-1)11-13-9-5-2-6-10-13;2*1-5-7(3,4)6-2;2*1-2/h1-10H,11H2;2*1-3H3;2*1-2H3. The average Bonchev–Trinajstić information content (AvgIpc) is 2.84. The monoisotopic (exact) mass is 476 g/mol. The van der Waals surface area contributed by atoms with Crippen LogP contribution in [0.25, 0.3) is 0 Å². The topological polar surface area (TPSA) is 71.1 Å². The minimum absolute atomic E-state index is 1.03. The summed E-state index contributed by atoms with van der Waals surface area (Å²) in [6.45, 7) is 10.8. The molecule has 0 fully saturated rings. The van der Waals surface area contributed by atoms with Crippen molar-refractivity contribution < 1.29 is 27.2 Å². The lowest BCUT2D eigenvalue weighted by Crippen LogP contribution is -1.85. The molecule has 0 radical (unpaired) electrons. The Morgan fingerprint density at radius 3 is 0.935 bits per heavy atom. The minimum atomic E-state index is -2.65. The normalized spacial score (nSPS) is 9.87. The molecule has 0 atom stereocenters. The van der Waals surface area contributed by atoms with Crippen LogP contribution < -0.4 is 0 Å². The van der Waals surface area contributed by atoms with Crippen molar-refractivity contribution in [3.8, 4) is 0 Å². The molecule has 8 heteroatoms. The molecular weight excluding hydrogens is 434 g/mol. The van der Waals surface area contributed by atoms with E-state index in [0.29, 0.717) is 0 Å². The van der Waals surface area contributed by atoms with Crippen LogP contribution in [0.3, 0.4) is 0 Å². The molecule has 0 spiro atoms. The lowest BCUT2D eigenvalue weighted by molar-refractivity contribution is 0.281. The Labute approximate surface area is 190 Å². The fourth-order valence-corrected chi connectivity index (χ4v) is 1.87. The van der Waals surface area contributed by atoms with E-state index in [2.05, 4.69) is 78.8 Å². The van der Waals surface area contributed by atoms with E-state index >= 15 is 0 Å². The van der Waals surface area contributed by atoms with E-state index in [4.69, 9.17) is 0 Å². The molecule has 2 aromatic rings. The third-order valence-corrected chi connectivity index (χ3v) is 6.07. The third kappa shape index (κ3) is 21.7. The SMILES string of the molecule is CC.CC.COP(C)(=O)OC.COP(C)(=O)OC.c1ccc(Cc2ccccc2)cc1. The van der Waals surface area contributed by atoms with E-state index in [0.717, 1.165) is 6.42 Å². The van der Waals surface area contributed by atoms with Gasteiger partial charge in [0.2, 0.25) is 0 Å². The van der Waals surface area contributed by atoms with E-state index in [1.165, 1.54) is 52.9 Å². The first-order chi connectivity index (χ1) is 14.7. The maximum atomic E-state index is 10.5. The second-order valence-corrected chi connectivity index (χ2v) is 9.97. The number of rotatable bonds is 6. The van der Waals surface area contributed by atoms with E-state index in [1.807, 2.05) is 27.7 Å². The van der Waals surface area contributed by atoms with Crippen molar-refractivity contribution in [2.75, 3.05) is 41.8 Å². The summed E-state index contributed by atoms with van der Waals surface area (Å²) in [6.07, 6.45) is 1.03. The van der Waals surface area contributed by atoms with E-state index in [1.54, 1.807) is 0 Å². The molecule has 180 valence electrons. The highest BCUT2D eigenvalue weighted by atomic mass is 31.2. The van der Waals surface area contributed by atoms with Gasteiger partial charge in [-0.05, 0) is 17.5 Å². The highest BCUT2D eigenvalue weighted by molar-refractivity contribution is 7.53. The van der Waals surface area contributed by atoms with Crippen molar-refractivity contribution in [1.82, 2.24) is 0 Å². The first-order valence-corrected chi connectivity index (χ1v) is 14.1. The molecule has 0 aliphatic rings. The Hall–Kier alpha value is -1.26.